The van der Waals surface area contributed by atoms with Gasteiger partial charge < -0.3 is 10.2 Å². The number of amides is 1. The molecule has 3 aromatic carbocycles. The van der Waals surface area contributed by atoms with Gasteiger partial charge in [-0.3, -0.25) is 4.79 Å². The first-order valence-corrected chi connectivity index (χ1v) is 14.7. The van der Waals surface area contributed by atoms with Crippen LogP contribution in [-0.2, 0) is 23.0 Å². The minimum Gasteiger partial charge on any atom is -0.372 e. The van der Waals surface area contributed by atoms with Gasteiger partial charge in [0.05, 0.1) is 4.90 Å². The second-order valence-corrected chi connectivity index (χ2v) is 11.9. The molecule has 0 bridgehead atoms. The summed E-state index contributed by atoms with van der Waals surface area (Å²) in [4.78, 5) is 15.2. The summed E-state index contributed by atoms with van der Waals surface area (Å²) in [6.07, 6.45) is 5.98. The van der Waals surface area contributed by atoms with Gasteiger partial charge in [-0.15, -0.1) is 0 Å². The van der Waals surface area contributed by atoms with Crippen LogP contribution in [0.3, 0.4) is 0 Å². The van der Waals surface area contributed by atoms with Gasteiger partial charge in [-0.25, -0.2) is 8.42 Å². The van der Waals surface area contributed by atoms with Crippen molar-refractivity contribution >= 4 is 27.3 Å². The van der Waals surface area contributed by atoms with E-state index in [9.17, 15) is 13.2 Å². The van der Waals surface area contributed by atoms with Crippen molar-refractivity contribution in [3.05, 3.63) is 89.5 Å². The zero-order valence-corrected chi connectivity index (χ0v) is 22.2. The summed E-state index contributed by atoms with van der Waals surface area (Å²) < 4.78 is 29.7. The maximum absolute atomic E-state index is 14.0. The fourth-order valence-electron chi connectivity index (χ4n) is 5.60. The second-order valence-electron chi connectivity index (χ2n) is 9.98. The number of carbonyl (C=O) groups excluding carboxylic acids is 1. The highest BCUT2D eigenvalue weighted by atomic mass is 32.2. The van der Waals surface area contributed by atoms with E-state index < -0.39 is 10.0 Å². The number of hydrogen-bond donors (Lipinski definition) is 1. The molecule has 1 heterocycles. The summed E-state index contributed by atoms with van der Waals surface area (Å²) in [6.45, 7) is 4.58. The molecule has 1 N–H and O–H groups in total. The van der Waals surface area contributed by atoms with E-state index >= 15 is 0 Å². The van der Waals surface area contributed by atoms with Gasteiger partial charge in [-0.05, 0) is 80.1 Å². The van der Waals surface area contributed by atoms with Gasteiger partial charge in [0.1, 0.15) is 0 Å². The third-order valence-electron chi connectivity index (χ3n) is 7.55. The first-order chi connectivity index (χ1) is 18.0. The fourth-order valence-corrected chi connectivity index (χ4v) is 7.32. The Hall–Kier alpha value is -3.16. The number of benzene rings is 3. The molecule has 0 atom stereocenters. The zero-order chi connectivity index (χ0) is 25.8. The molecular formula is C30H35N3O3S. The Labute approximate surface area is 220 Å². The van der Waals surface area contributed by atoms with Gasteiger partial charge in [0.25, 0.3) is 5.91 Å². The Morgan fingerprint density at radius 2 is 1.76 bits per heavy atom. The third-order valence-corrected chi connectivity index (χ3v) is 9.44. The average molecular weight is 518 g/mol. The van der Waals surface area contributed by atoms with Crippen LogP contribution in [0, 0.1) is 0 Å². The van der Waals surface area contributed by atoms with Crippen molar-refractivity contribution in [2.24, 2.45) is 0 Å². The van der Waals surface area contributed by atoms with Crippen LogP contribution in [0.2, 0.25) is 0 Å². The van der Waals surface area contributed by atoms with Crippen LogP contribution in [0.5, 0.6) is 0 Å². The van der Waals surface area contributed by atoms with Gasteiger partial charge in [-0.1, -0.05) is 49.2 Å². The number of nitrogens with one attached hydrogen (secondary N) is 1. The van der Waals surface area contributed by atoms with Gasteiger partial charge in [-0.2, -0.15) is 4.31 Å². The molecule has 1 amide bonds. The molecule has 1 aliphatic carbocycles. The number of aryl methyl sites for hydroxylation is 1. The lowest BCUT2D eigenvalue weighted by Crippen LogP contribution is -2.38. The molecule has 0 saturated heterocycles. The number of rotatable bonds is 8. The van der Waals surface area contributed by atoms with Crippen molar-refractivity contribution in [1.29, 1.82) is 0 Å². The Kier molecular flexibility index (Phi) is 7.63. The molecule has 5 rings (SSSR count). The van der Waals surface area contributed by atoms with Crippen LogP contribution in [0.4, 0.5) is 11.4 Å². The van der Waals surface area contributed by atoms with Crippen LogP contribution in [0.25, 0.3) is 0 Å². The molecule has 6 nitrogen and oxygen atoms in total. The lowest BCUT2D eigenvalue weighted by Gasteiger charge is -2.32. The summed E-state index contributed by atoms with van der Waals surface area (Å²) in [5.41, 5.74) is 4.60. The van der Waals surface area contributed by atoms with E-state index in [-0.39, 0.29) is 16.8 Å². The largest absolute Gasteiger partial charge is 0.372 e. The Balaban J connectivity index is 1.42. The topological polar surface area (TPSA) is 69.7 Å². The van der Waals surface area contributed by atoms with Gasteiger partial charge in [0, 0.05) is 42.6 Å². The van der Waals surface area contributed by atoms with Crippen LogP contribution < -0.4 is 10.2 Å². The smallest absolute Gasteiger partial charge is 0.255 e. The molecule has 37 heavy (non-hydrogen) atoms. The zero-order valence-electron chi connectivity index (χ0n) is 21.4. The SMILES string of the molecule is CCN1CCCc2cc(CN(C3CCCC3)S(=O)(=O)c3cccc(NC(=O)c4ccccc4)c3)ccc21. The molecular weight excluding hydrogens is 482 g/mol. The average Bonchev–Trinajstić information content (AvgIpc) is 3.46. The van der Waals surface area contributed by atoms with Crippen molar-refractivity contribution in [2.45, 2.75) is 62.9 Å². The van der Waals surface area contributed by atoms with Crippen molar-refractivity contribution in [3.63, 3.8) is 0 Å². The Bertz CT molecular complexity index is 1350. The number of anilines is 2. The van der Waals surface area contributed by atoms with Gasteiger partial charge in [0.2, 0.25) is 10.0 Å². The summed E-state index contributed by atoms with van der Waals surface area (Å²) in [7, 11) is -3.77. The van der Waals surface area contributed by atoms with Crippen molar-refractivity contribution in [1.82, 2.24) is 4.31 Å². The highest BCUT2D eigenvalue weighted by Gasteiger charge is 2.34. The maximum atomic E-state index is 14.0. The van der Waals surface area contributed by atoms with Crippen molar-refractivity contribution in [3.8, 4) is 0 Å². The Morgan fingerprint density at radius 3 is 2.51 bits per heavy atom. The molecule has 1 saturated carbocycles. The molecule has 2 aliphatic rings. The van der Waals surface area contributed by atoms with E-state index in [1.165, 1.54) is 11.3 Å². The monoisotopic (exact) mass is 517 g/mol. The van der Waals surface area contributed by atoms with Gasteiger partial charge >= 0.3 is 0 Å². The molecule has 194 valence electrons. The lowest BCUT2D eigenvalue weighted by atomic mass is 9.99. The molecule has 0 aromatic heterocycles. The molecule has 1 fully saturated rings. The predicted molar refractivity (Wildman–Crippen MR) is 148 cm³/mol. The van der Waals surface area contributed by atoms with Crippen LogP contribution in [-0.4, -0.2) is 37.8 Å². The van der Waals surface area contributed by atoms with E-state index in [1.807, 2.05) is 6.07 Å². The van der Waals surface area contributed by atoms with E-state index in [0.29, 0.717) is 17.8 Å². The van der Waals surface area contributed by atoms with Crippen LogP contribution in [0.1, 0.15) is 60.5 Å². The summed E-state index contributed by atoms with van der Waals surface area (Å²) in [5.74, 6) is -0.266. The Morgan fingerprint density at radius 1 is 0.973 bits per heavy atom. The number of carbonyl (C=O) groups is 1. The summed E-state index contributed by atoms with van der Waals surface area (Å²) in [6, 6.07) is 22.0. The molecule has 7 heteroatoms. The molecule has 1 aliphatic heterocycles. The summed E-state index contributed by atoms with van der Waals surface area (Å²) in [5, 5.41) is 2.85. The first-order valence-electron chi connectivity index (χ1n) is 13.3. The highest BCUT2D eigenvalue weighted by molar-refractivity contribution is 7.89. The van der Waals surface area contributed by atoms with Gasteiger partial charge in [0.15, 0.2) is 0 Å². The number of fused-ring (bicyclic) bond motifs is 1. The highest BCUT2D eigenvalue weighted by Crippen LogP contribution is 2.33. The lowest BCUT2D eigenvalue weighted by molar-refractivity contribution is 0.102. The fraction of sp³-hybridized carbons (Fsp3) is 0.367. The van der Waals surface area contributed by atoms with E-state index in [1.54, 1.807) is 52.8 Å². The maximum Gasteiger partial charge on any atom is 0.255 e. The van der Waals surface area contributed by atoms with Crippen LogP contribution >= 0.6 is 0 Å². The second kappa shape index (κ2) is 11.1. The standard InChI is InChI=1S/C30H35N3O3S/c1-2-32-19-9-12-25-20-23(17-18-29(25)32)22-33(27-14-6-7-15-27)37(35,36)28-16-8-13-26(21-28)31-30(34)24-10-4-3-5-11-24/h3-5,8,10-11,13,16-18,20-21,27H,2,6-7,9,12,14-15,19,22H2,1H3,(H,31,34). The van der Waals surface area contributed by atoms with E-state index in [0.717, 1.165) is 57.2 Å². The summed E-state index contributed by atoms with van der Waals surface area (Å²) >= 11 is 0. The normalized spacial score (nSPS) is 16.1. The third kappa shape index (κ3) is 5.58. The molecule has 0 radical (unpaired) electrons. The quantitative estimate of drug-likeness (QED) is 0.407. The predicted octanol–water partition coefficient (Wildman–Crippen LogP) is 5.84. The van der Waals surface area contributed by atoms with E-state index in [4.69, 9.17) is 0 Å². The number of hydrogen-bond acceptors (Lipinski definition) is 4. The van der Waals surface area contributed by atoms with Crippen molar-refractivity contribution < 1.29 is 13.2 Å². The first kappa shape index (κ1) is 25.5. The minimum absolute atomic E-state index is 0.0178. The molecule has 3 aromatic rings. The molecule has 0 unspecified atom stereocenters. The minimum atomic E-state index is -3.77. The van der Waals surface area contributed by atoms with E-state index in [2.05, 4.69) is 35.3 Å². The van der Waals surface area contributed by atoms with Crippen LogP contribution in [0.15, 0.2) is 77.7 Å². The van der Waals surface area contributed by atoms with Crippen molar-refractivity contribution in [2.75, 3.05) is 23.3 Å². The number of nitrogens with zero attached hydrogens (tertiary/aromatic N) is 2. The number of sulfonamides is 1. The molecule has 0 spiro atoms.